The van der Waals surface area contributed by atoms with Crippen molar-refractivity contribution >= 4 is 32.9 Å². The van der Waals surface area contributed by atoms with Crippen LogP contribution in [0.4, 0.5) is 4.79 Å². The van der Waals surface area contributed by atoms with Crippen LogP contribution in [0.5, 0.6) is 0 Å². The Bertz CT molecular complexity index is 712. The van der Waals surface area contributed by atoms with E-state index in [0.717, 1.165) is 35.9 Å². The number of nitrogens with zero attached hydrogens (tertiary/aromatic N) is 3. The lowest BCUT2D eigenvalue weighted by Gasteiger charge is -2.34. The highest BCUT2D eigenvalue weighted by molar-refractivity contribution is 9.10. The first-order valence-electron chi connectivity index (χ1n) is 7.94. The molecule has 0 bridgehead atoms. The molecular formula is C17H22BrN3O2. The summed E-state index contributed by atoms with van der Waals surface area (Å²) in [7, 11) is 0. The molecule has 0 spiro atoms. The summed E-state index contributed by atoms with van der Waals surface area (Å²) >= 11 is 3.50. The normalized spacial score (nSPS) is 16.8. The number of piperidine rings is 1. The maximum atomic E-state index is 12.1. The second kappa shape index (κ2) is 6.15. The van der Waals surface area contributed by atoms with Crippen molar-refractivity contribution in [2.75, 3.05) is 13.1 Å². The van der Waals surface area contributed by atoms with Gasteiger partial charge in [0.1, 0.15) is 10.2 Å². The molecular weight excluding hydrogens is 358 g/mol. The quantitative estimate of drug-likeness (QED) is 0.691. The van der Waals surface area contributed by atoms with Crippen molar-refractivity contribution in [2.24, 2.45) is 0 Å². The number of aromatic nitrogens is 2. The van der Waals surface area contributed by atoms with E-state index in [1.54, 1.807) is 0 Å². The average molecular weight is 380 g/mol. The van der Waals surface area contributed by atoms with E-state index < -0.39 is 5.60 Å². The third kappa shape index (κ3) is 3.52. The van der Waals surface area contributed by atoms with Gasteiger partial charge in [0, 0.05) is 36.9 Å². The molecule has 124 valence electrons. The molecule has 0 radical (unpaired) electrons. The van der Waals surface area contributed by atoms with Crippen molar-refractivity contribution < 1.29 is 9.53 Å². The lowest BCUT2D eigenvalue weighted by Crippen LogP contribution is -2.42. The van der Waals surface area contributed by atoms with E-state index >= 15 is 0 Å². The Morgan fingerprint density at radius 3 is 2.65 bits per heavy atom. The fraction of sp³-hybridized carbons (Fsp3) is 0.529. The topological polar surface area (TPSA) is 47.4 Å². The summed E-state index contributed by atoms with van der Waals surface area (Å²) in [5.41, 5.74) is 0.742. The lowest BCUT2D eigenvalue weighted by molar-refractivity contribution is 0.0190. The number of halogens is 1. The summed E-state index contributed by atoms with van der Waals surface area (Å²) in [6, 6.07) is 4.54. The third-order valence-electron chi connectivity index (χ3n) is 4.11. The van der Waals surface area contributed by atoms with Crippen molar-refractivity contribution in [1.29, 1.82) is 0 Å². The highest BCUT2D eigenvalue weighted by Crippen LogP contribution is 2.30. The summed E-state index contributed by atoms with van der Waals surface area (Å²) in [5, 5.41) is 1.13. The molecule has 5 nitrogen and oxygen atoms in total. The number of amides is 1. The van der Waals surface area contributed by atoms with E-state index in [1.165, 1.54) is 5.52 Å². The van der Waals surface area contributed by atoms with E-state index in [2.05, 4.69) is 37.7 Å². The minimum absolute atomic E-state index is 0.208. The van der Waals surface area contributed by atoms with Gasteiger partial charge in [0.25, 0.3) is 0 Å². The lowest BCUT2D eigenvalue weighted by atomic mass is 10.1. The first-order valence-corrected chi connectivity index (χ1v) is 8.73. The largest absolute Gasteiger partial charge is 0.444 e. The molecule has 0 atom stereocenters. The highest BCUT2D eigenvalue weighted by atomic mass is 79.9. The molecule has 23 heavy (non-hydrogen) atoms. The highest BCUT2D eigenvalue weighted by Gasteiger charge is 2.27. The Morgan fingerprint density at radius 2 is 2.00 bits per heavy atom. The first kappa shape index (κ1) is 16.3. The molecule has 1 fully saturated rings. The third-order valence-corrected chi connectivity index (χ3v) is 4.74. The van der Waals surface area contributed by atoms with Crippen molar-refractivity contribution in [3.63, 3.8) is 0 Å². The van der Waals surface area contributed by atoms with Gasteiger partial charge in [-0.25, -0.2) is 9.78 Å². The van der Waals surface area contributed by atoms with Crippen LogP contribution in [0.3, 0.4) is 0 Å². The summed E-state index contributed by atoms with van der Waals surface area (Å²) in [6.07, 6.45) is 5.59. The molecule has 1 aliphatic rings. The van der Waals surface area contributed by atoms with Gasteiger partial charge in [0.15, 0.2) is 0 Å². The van der Waals surface area contributed by atoms with Crippen LogP contribution in [-0.2, 0) is 4.74 Å². The summed E-state index contributed by atoms with van der Waals surface area (Å²) in [4.78, 5) is 18.2. The van der Waals surface area contributed by atoms with Crippen molar-refractivity contribution in [3.05, 3.63) is 29.1 Å². The zero-order valence-electron chi connectivity index (χ0n) is 13.8. The zero-order valence-corrected chi connectivity index (χ0v) is 15.3. The van der Waals surface area contributed by atoms with Gasteiger partial charge in [-0.1, -0.05) is 0 Å². The van der Waals surface area contributed by atoms with E-state index in [-0.39, 0.29) is 6.09 Å². The number of hydrogen-bond donors (Lipinski definition) is 0. The molecule has 0 aliphatic carbocycles. The van der Waals surface area contributed by atoms with Gasteiger partial charge in [-0.05, 0) is 61.7 Å². The first-order chi connectivity index (χ1) is 10.8. The molecule has 3 heterocycles. The maximum absolute atomic E-state index is 12.1. The van der Waals surface area contributed by atoms with Crippen LogP contribution in [-0.4, -0.2) is 39.2 Å². The fourth-order valence-corrected chi connectivity index (χ4v) is 3.48. The number of likely N-dealkylation sites (tertiary alicyclic amines) is 1. The molecule has 2 aromatic heterocycles. The monoisotopic (exact) mass is 379 g/mol. The molecule has 2 aromatic rings. The van der Waals surface area contributed by atoms with Crippen LogP contribution >= 0.6 is 15.9 Å². The van der Waals surface area contributed by atoms with Crippen LogP contribution in [0.15, 0.2) is 29.1 Å². The van der Waals surface area contributed by atoms with Crippen LogP contribution in [0.25, 0.3) is 10.9 Å². The second-order valence-corrected chi connectivity index (χ2v) is 7.71. The van der Waals surface area contributed by atoms with Gasteiger partial charge >= 0.3 is 6.09 Å². The molecule has 0 aromatic carbocycles. The number of pyridine rings is 1. The predicted molar refractivity (Wildman–Crippen MR) is 93.5 cm³/mol. The smallest absolute Gasteiger partial charge is 0.410 e. The summed E-state index contributed by atoms with van der Waals surface area (Å²) in [6.45, 7) is 7.15. The van der Waals surface area contributed by atoms with Crippen LogP contribution < -0.4 is 0 Å². The van der Waals surface area contributed by atoms with E-state index in [9.17, 15) is 4.79 Å². The van der Waals surface area contributed by atoms with Crippen LogP contribution in [0.2, 0.25) is 0 Å². The fourth-order valence-electron chi connectivity index (χ4n) is 3.02. The summed E-state index contributed by atoms with van der Waals surface area (Å²) < 4.78 is 8.63. The molecule has 3 rings (SSSR count). The van der Waals surface area contributed by atoms with Gasteiger partial charge < -0.3 is 14.2 Å². The SMILES string of the molecule is CC(C)(C)OC(=O)N1CCC(n2ccc3c(Br)nccc32)CC1. The van der Waals surface area contributed by atoms with E-state index in [4.69, 9.17) is 4.74 Å². The molecule has 0 saturated carbocycles. The van der Waals surface area contributed by atoms with Crippen LogP contribution in [0.1, 0.15) is 39.7 Å². The maximum Gasteiger partial charge on any atom is 0.410 e. The molecule has 6 heteroatoms. The number of carbonyl (C=O) groups is 1. The standard InChI is InChI=1S/C17H22BrN3O2/c1-17(2,3)23-16(22)20-9-5-12(6-10-20)21-11-7-13-14(21)4-8-19-15(13)18/h4,7-8,11-12H,5-6,9-10H2,1-3H3. The molecule has 1 aliphatic heterocycles. The Labute approximate surface area is 144 Å². The Balaban J connectivity index is 1.69. The van der Waals surface area contributed by atoms with Crippen molar-refractivity contribution in [3.8, 4) is 0 Å². The minimum Gasteiger partial charge on any atom is -0.444 e. The van der Waals surface area contributed by atoms with Gasteiger partial charge in [0.2, 0.25) is 0 Å². The van der Waals surface area contributed by atoms with E-state index in [1.807, 2.05) is 37.9 Å². The Hall–Kier alpha value is -1.56. The average Bonchev–Trinajstić information content (AvgIpc) is 2.91. The Morgan fingerprint density at radius 1 is 1.30 bits per heavy atom. The molecule has 0 N–H and O–H groups in total. The van der Waals surface area contributed by atoms with Gasteiger partial charge in [-0.2, -0.15) is 0 Å². The molecule has 0 unspecified atom stereocenters. The van der Waals surface area contributed by atoms with Gasteiger partial charge in [-0.15, -0.1) is 0 Å². The number of rotatable bonds is 1. The second-order valence-electron chi connectivity index (χ2n) is 6.96. The van der Waals surface area contributed by atoms with Gasteiger partial charge in [-0.3, -0.25) is 0 Å². The van der Waals surface area contributed by atoms with Crippen LogP contribution in [0, 0.1) is 0 Å². The number of fused-ring (bicyclic) bond motifs is 1. The zero-order chi connectivity index (χ0) is 16.6. The van der Waals surface area contributed by atoms with E-state index in [0.29, 0.717) is 6.04 Å². The number of hydrogen-bond acceptors (Lipinski definition) is 3. The summed E-state index contributed by atoms with van der Waals surface area (Å²) in [5.74, 6) is 0. The predicted octanol–water partition coefficient (Wildman–Crippen LogP) is 4.37. The van der Waals surface area contributed by atoms with Crippen molar-refractivity contribution in [2.45, 2.75) is 45.3 Å². The number of ether oxygens (including phenoxy) is 1. The minimum atomic E-state index is -0.441. The Kier molecular flexibility index (Phi) is 4.36. The number of carbonyl (C=O) groups excluding carboxylic acids is 1. The molecule has 1 saturated heterocycles. The molecule has 1 amide bonds. The van der Waals surface area contributed by atoms with Gasteiger partial charge in [0.05, 0.1) is 5.52 Å². The van der Waals surface area contributed by atoms with Crippen molar-refractivity contribution in [1.82, 2.24) is 14.5 Å².